The van der Waals surface area contributed by atoms with Gasteiger partial charge in [0.25, 0.3) is 15.9 Å². The molecule has 0 aliphatic heterocycles. The predicted molar refractivity (Wildman–Crippen MR) is 90.0 cm³/mol. The van der Waals surface area contributed by atoms with E-state index >= 15 is 0 Å². The fourth-order valence-corrected chi connectivity index (χ4v) is 3.53. The fraction of sp³-hybridized carbons (Fsp3) is 0.0667. The number of sulfonamides is 1. The third-order valence-electron chi connectivity index (χ3n) is 3.45. The number of rotatable bonds is 4. The first-order valence-electron chi connectivity index (χ1n) is 6.87. The summed E-state index contributed by atoms with van der Waals surface area (Å²) >= 11 is 6.04. The van der Waals surface area contributed by atoms with Crippen molar-refractivity contribution >= 4 is 38.4 Å². The summed E-state index contributed by atoms with van der Waals surface area (Å²) in [6.45, 7) is 0. The van der Waals surface area contributed by atoms with Crippen LogP contribution in [0.25, 0.3) is 10.9 Å². The minimum atomic E-state index is -3.99. The van der Waals surface area contributed by atoms with Gasteiger partial charge >= 0.3 is 0 Å². The van der Waals surface area contributed by atoms with Crippen molar-refractivity contribution in [2.45, 2.75) is 4.90 Å². The Kier molecular flexibility index (Phi) is 4.27. The van der Waals surface area contributed by atoms with E-state index in [9.17, 15) is 13.2 Å². The first-order valence-corrected chi connectivity index (χ1v) is 8.73. The molecular formula is C15H13ClN4O3S. The Morgan fingerprint density at radius 1 is 1.21 bits per heavy atom. The Morgan fingerprint density at radius 3 is 2.71 bits per heavy atom. The Hall–Kier alpha value is -2.42. The van der Waals surface area contributed by atoms with Gasteiger partial charge in [0.05, 0.1) is 15.4 Å². The van der Waals surface area contributed by atoms with Crippen LogP contribution in [0.3, 0.4) is 0 Å². The van der Waals surface area contributed by atoms with Gasteiger partial charge in [-0.1, -0.05) is 11.6 Å². The van der Waals surface area contributed by atoms with Crippen molar-refractivity contribution in [3.05, 3.63) is 59.5 Å². The molecule has 3 rings (SSSR count). The monoisotopic (exact) mass is 364 g/mol. The lowest BCUT2D eigenvalue weighted by molar-refractivity contribution is 0.0937. The standard InChI is InChI=1S/C15H13ClN4O3S/c1-20-9-3-5-12(20)15(21)18-19-24(22,23)13-7-6-11(16)14-10(13)4-2-8-17-14/h2-9,19H,1H3,(H,18,21). The summed E-state index contributed by atoms with van der Waals surface area (Å²) in [6, 6.07) is 9.28. The van der Waals surface area contributed by atoms with Crippen LogP contribution in [0, 0.1) is 0 Å². The second kappa shape index (κ2) is 6.23. The van der Waals surface area contributed by atoms with Gasteiger partial charge < -0.3 is 4.57 Å². The lowest BCUT2D eigenvalue weighted by atomic mass is 10.2. The summed E-state index contributed by atoms with van der Waals surface area (Å²) in [6.07, 6.45) is 3.21. The predicted octanol–water partition coefficient (Wildman–Crippen LogP) is 1.85. The largest absolute Gasteiger partial charge is 0.347 e. The average molecular weight is 365 g/mol. The molecule has 2 N–H and O–H groups in total. The Balaban J connectivity index is 1.91. The lowest BCUT2D eigenvalue weighted by Gasteiger charge is -2.11. The lowest BCUT2D eigenvalue weighted by Crippen LogP contribution is -2.42. The smallest absolute Gasteiger partial charge is 0.282 e. The van der Waals surface area contributed by atoms with Crippen LogP contribution in [-0.2, 0) is 17.1 Å². The summed E-state index contributed by atoms with van der Waals surface area (Å²) in [5.41, 5.74) is 2.88. The molecule has 0 saturated heterocycles. The van der Waals surface area contributed by atoms with E-state index in [1.165, 1.54) is 18.3 Å². The molecule has 0 spiro atoms. The molecule has 0 atom stereocenters. The molecule has 24 heavy (non-hydrogen) atoms. The topological polar surface area (TPSA) is 93.1 Å². The van der Waals surface area contributed by atoms with Gasteiger partial charge in [-0.3, -0.25) is 15.2 Å². The second-order valence-electron chi connectivity index (χ2n) is 5.01. The number of carbonyl (C=O) groups is 1. The van der Waals surface area contributed by atoms with E-state index in [1.54, 1.807) is 42.1 Å². The van der Waals surface area contributed by atoms with Crippen LogP contribution in [0.2, 0.25) is 5.02 Å². The maximum absolute atomic E-state index is 12.5. The molecule has 7 nitrogen and oxygen atoms in total. The second-order valence-corrected chi connectivity index (χ2v) is 7.07. The van der Waals surface area contributed by atoms with Crippen LogP contribution >= 0.6 is 11.6 Å². The summed E-state index contributed by atoms with van der Waals surface area (Å²) in [5.74, 6) is -0.567. The number of hydrazine groups is 1. The number of nitrogens with one attached hydrogen (secondary N) is 2. The van der Waals surface area contributed by atoms with E-state index in [2.05, 4.69) is 15.2 Å². The number of amides is 1. The number of halogens is 1. The fourth-order valence-electron chi connectivity index (χ4n) is 2.28. The Labute approximate surface area is 143 Å². The zero-order valence-electron chi connectivity index (χ0n) is 12.5. The molecule has 0 aliphatic carbocycles. The van der Waals surface area contributed by atoms with E-state index in [0.29, 0.717) is 21.6 Å². The molecule has 0 fully saturated rings. The Bertz CT molecular complexity index is 1030. The van der Waals surface area contributed by atoms with Crippen molar-refractivity contribution in [2.75, 3.05) is 0 Å². The number of nitrogens with zero attached hydrogens (tertiary/aromatic N) is 2. The number of hydrogen-bond acceptors (Lipinski definition) is 4. The van der Waals surface area contributed by atoms with Crippen LogP contribution in [0.1, 0.15) is 10.5 Å². The van der Waals surface area contributed by atoms with Gasteiger partial charge in [-0.15, -0.1) is 4.83 Å². The molecule has 3 aromatic rings. The molecule has 1 amide bonds. The van der Waals surface area contributed by atoms with Crippen molar-refractivity contribution in [1.82, 2.24) is 19.8 Å². The molecule has 2 heterocycles. The first kappa shape index (κ1) is 16.4. The Morgan fingerprint density at radius 2 is 2.00 bits per heavy atom. The molecular weight excluding hydrogens is 352 g/mol. The van der Waals surface area contributed by atoms with Gasteiger partial charge in [-0.25, -0.2) is 8.42 Å². The number of hydrogen-bond donors (Lipinski definition) is 2. The van der Waals surface area contributed by atoms with Crippen molar-refractivity contribution in [3.8, 4) is 0 Å². The highest BCUT2D eigenvalue weighted by atomic mass is 35.5. The minimum Gasteiger partial charge on any atom is -0.347 e. The van der Waals surface area contributed by atoms with Crippen LogP contribution < -0.4 is 10.3 Å². The molecule has 0 unspecified atom stereocenters. The summed E-state index contributed by atoms with van der Waals surface area (Å²) in [4.78, 5) is 18.2. The molecule has 9 heteroatoms. The molecule has 2 aromatic heterocycles. The van der Waals surface area contributed by atoms with Crippen LogP contribution in [-0.4, -0.2) is 23.9 Å². The van der Waals surface area contributed by atoms with Gasteiger partial charge in [0.1, 0.15) is 5.69 Å². The zero-order chi connectivity index (χ0) is 17.3. The molecule has 0 saturated carbocycles. The highest BCUT2D eigenvalue weighted by Crippen LogP contribution is 2.27. The van der Waals surface area contributed by atoms with Gasteiger partial charge in [0.2, 0.25) is 0 Å². The van der Waals surface area contributed by atoms with Crippen molar-refractivity contribution in [1.29, 1.82) is 0 Å². The first-order chi connectivity index (χ1) is 11.4. The van der Waals surface area contributed by atoms with Crippen LogP contribution in [0.4, 0.5) is 0 Å². The maximum Gasteiger partial charge on any atom is 0.282 e. The molecule has 1 aromatic carbocycles. The van der Waals surface area contributed by atoms with Crippen LogP contribution in [0.5, 0.6) is 0 Å². The summed E-state index contributed by atoms with van der Waals surface area (Å²) in [7, 11) is -2.31. The van der Waals surface area contributed by atoms with E-state index in [4.69, 9.17) is 11.6 Å². The van der Waals surface area contributed by atoms with Gasteiger partial charge in [0, 0.05) is 24.8 Å². The van der Waals surface area contributed by atoms with E-state index in [0.717, 1.165) is 0 Å². The molecule has 0 bridgehead atoms. The quantitative estimate of drug-likeness (QED) is 0.691. The van der Waals surface area contributed by atoms with Crippen molar-refractivity contribution in [2.24, 2.45) is 7.05 Å². The SMILES string of the molecule is Cn1cccc1C(=O)NNS(=O)(=O)c1ccc(Cl)c2ncccc12. The number of fused-ring (bicyclic) bond motifs is 1. The number of aryl methyl sites for hydroxylation is 1. The van der Waals surface area contributed by atoms with Gasteiger partial charge in [0.15, 0.2) is 0 Å². The third-order valence-corrected chi connectivity index (χ3v) is 5.06. The summed E-state index contributed by atoms with van der Waals surface area (Å²) in [5, 5.41) is 0.711. The zero-order valence-corrected chi connectivity index (χ0v) is 14.1. The number of carbonyl (C=O) groups excluding carboxylic acids is 1. The van der Waals surface area contributed by atoms with Gasteiger partial charge in [-0.2, -0.15) is 0 Å². The minimum absolute atomic E-state index is 0.0258. The molecule has 124 valence electrons. The number of benzene rings is 1. The highest BCUT2D eigenvalue weighted by molar-refractivity contribution is 7.89. The average Bonchev–Trinajstić information content (AvgIpc) is 2.99. The summed E-state index contributed by atoms with van der Waals surface area (Å²) < 4.78 is 26.6. The third kappa shape index (κ3) is 2.99. The van der Waals surface area contributed by atoms with E-state index in [-0.39, 0.29) is 4.90 Å². The van der Waals surface area contributed by atoms with Gasteiger partial charge in [-0.05, 0) is 36.4 Å². The molecule has 0 radical (unpaired) electrons. The van der Waals surface area contributed by atoms with Crippen LogP contribution in [0.15, 0.2) is 53.7 Å². The molecule has 0 aliphatic rings. The number of pyridine rings is 1. The van der Waals surface area contributed by atoms with E-state index < -0.39 is 15.9 Å². The van der Waals surface area contributed by atoms with E-state index in [1.807, 2.05) is 0 Å². The normalized spacial score (nSPS) is 11.6. The number of aromatic nitrogens is 2. The van der Waals surface area contributed by atoms with Crippen molar-refractivity contribution < 1.29 is 13.2 Å². The highest BCUT2D eigenvalue weighted by Gasteiger charge is 2.20. The van der Waals surface area contributed by atoms with Crippen molar-refractivity contribution in [3.63, 3.8) is 0 Å². The maximum atomic E-state index is 12.5.